The quantitative estimate of drug-likeness (QED) is 0.885. The van der Waals surface area contributed by atoms with Crippen LogP contribution >= 0.6 is 11.6 Å². The summed E-state index contributed by atoms with van der Waals surface area (Å²) in [6.07, 6.45) is 3.82. The Morgan fingerprint density at radius 1 is 1.53 bits per heavy atom. The molecule has 1 amide bonds. The maximum Gasteiger partial charge on any atom is 0.231 e. The molecule has 2 N–H and O–H groups in total. The summed E-state index contributed by atoms with van der Waals surface area (Å²) in [6.45, 7) is 0.373. The number of aromatic amines is 1. The van der Waals surface area contributed by atoms with E-state index in [1.165, 1.54) is 0 Å². The van der Waals surface area contributed by atoms with Gasteiger partial charge in [-0.3, -0.25) is 9.89 Å². The molecular weight excluding hydrogens is 266 g/mol. The zero-order chi connectivity index (χ0) is 13.2. The zero-order valence-electron chi connectivity index (χ0n) is 10.0. The molecule has 0 saturated heterocycles. The molecule has 1 aliphatic heterocycles. The highest BCUT2D eigenvalue weighted by atomic mass is 35.5. The number of hydrogen-bond acceptors (Lipinski definition) is 3. The molecule has 0 bridgehead atoms. The van der Waals surface area contributed by atoms with Gasteiger partial charge in [-0.2, -0.15) is 5.10 Å². The van der Waals surface area contributed by atoms with Crippen molar-refractivity contribution in [3.05, 3.63) is 41.2 Å². The molecule has 5 nitrogen and oxygen atoms in total. The van der Waals surface area contributed by atoms with Gasteiger partial charge in [0, 0.05) is 11.2 Å². The summed E-state index contributed by atoms with van der Waals surface area (Å²) in [5, 5.41) is 9.87. The average Bonchev–Trinajstić information content (AvgIpc) is 2.90. The number of benzene rings is 1. The lowest BCUT2D eigenvalue weighted by Crippen LogP contribution is -2.32. The maximum atomic E-state index is 12.1. The Bertz CT molecular complexity index is 598. The predicted octanol–water partition coefficient (Wildman–Crippen LogP) is 2.25. The topological polar surface area (TPSA) is 67.0 Å². The van der Waals surface area contributed by atoms with Crippen molar-refractivity contribution in [1.82, 2.24) is 10.2 Å². The number of halogens is 1. The first kappa shape index (κ1) is 12.0. The van der Waals surface area contributed by atoms with Crippen molar-refractivity contribution in [3.8, 4) is 5.75 Å². The highest BCUT2D eigenvalue weighted by Gasteiger charge is 2.26. The average molecular weight is 278 g/mol. The number of ether oxygens (including phenoxy) is 1. The summed E-state index contributed by atoms with van der Waals surface area (Å²) in [4.78, 5) is 12.1. The molecule has 0 spiro atoms. The van der Waals surface area contributed by atoms with Gasteiger partial charge in [-0.15, -0.1) is 0 Å². The lowest BCUT2D eigenvalue weighted by atomic mass is 9.96. The molecule has 0 radical (unpaired) electrons. The van der Waals surface area contributed by atoms with Crippen molar-refractivity contribution in [3.63, 3.8) is 0 Å². The third-order valence-electron chi connectivity index (χ3n) is 3.07. The Balaban J connectivity index is 1.72. The third kappa shape index (κ3) is 2.56. The SMILES string of the molecule is O=C(Nc1cn[nH]c1)[C@@H]1COc2ccc(Cl)cc2C1. The van der Waals surface area contributed by atoms with E-state index in [-0.39, 0.29) is 11.8 Å². The minimum absolute atomic E-state index is 0.0768. The minimum atomic E-state index is -0.221. The highest BCUT2D eigenvalue weighted by Crippen LogP contribution is 2.30. The maximum absolute atomic E-state index is 12.1. The normalized spacial score (nSPS) is 17.4. The van der Waals surface area contributed by atoms with Crippen molar-refractivity contribution in [2.24, 2.45) is 5.92 Å². The van der Waals surface area contributed by atoms with Gasteiger partial charge in [0.25, 0.3) is 0 Å². The fourth-order valence-corrected chi connectivity index (χ4v) is 2.29. The second kappa shape index (κ2) is 4.93. The third-order valence-corrected chi connectivity index (χ3v) is 3.30. The molecule has 1 aliphatic rings. The Morgan fingerprint density at radius 3 is 3.21 bits per heavy atom. The molecule has 0 unspecified atom stereocenters. The van der Waals surface area contributed by atoms with Crippen LogP contribution in [0.25, 0.3) is 0 Å². The first-order valence-electron chi connectivity index (χ1n) is 5.93. The van der Waals surface area contributed by atoms with Crippen LogP contribution < -0.4 is 10.1 Å². The Kier molecular flexibility index (Phi) is 3.13. The fraction of sp³-hybridized carbons (Fsp3) is 0.231. The van der Waals surface area contributed by atoms with E-state index in [0.29, 0.717) is 23.7 Å². The number of H-pyrrole nitrogens is 1. The number of carbonyl (C=O) groups is 1. The molecule has 3 rings (SSSR count). The van der Waals surface area contributed by atoms with E-state index in [1.807, 2.05) is 12.1 Å². The number of anilines is 1. The largest absolute Gasteiger partial charge is 0.492 e. The fourth-order valence-electron chi connectivity index (χ4n) is 2.10. The number of amides is 1. The van der Waals surface area contributed by atoms with Crippen LogP contribution in [0.2, 0.25) is 5.02 Å². The van der Waals surface area contributed by atoms with Crippen LogP contribution in [0.1, 0.15) is 5.56 Å². The van der Waals surface area contributed by atoms with E-state index in [2.05, 4.69) is 15.5 Å². The molecule has 1 atom stereocenters. The molecule has 19 heavy (non-hydrogen) atoms. The number of hydrogen-bond donors (Lipinski definition) is 2. The number of carbonyl (C=O) groups excluding carboxylic acids is 1. The van der Waals surface area contributed by atoms with Gasteiger partial charge in [-0.1, -0.05) is 11.6 Å². The molecule has 2 aromatic rings. The number of nitrogens with one attached hydrogen (secondary N) is 2. The highest BCUT2D eigenvalue weighted by molar-refractivity contribution is 6.30. The second-order valence-electron chi connectivity index (χ2n) is 4.44. The van der Waals surface area contributed by atoms with E-state index in [0.717, 1.165) is 11.3 Å². The van der Waals surface area contributed by atoms with Crippen molar-refractivity contribution >= 4 is 23.2 Å². The Labute approximate surface area is 114 Å². The van der Waals surface area contributed by atoms with Crippen LogP contribution in [0.15, 0.2) is 30.6 Å². The van der Waals surface area contributed by atoms with Crippen LogP contribution in [-0.2, 0) is 11.2 Å². The standard InChI is InChI=1S/C13H12ClN3O2/c14-10-1-2-12-8(4-10)3-9(7-19-12)13(18)17-11-5-15-16-6-11/h1-2,4-6,9H,3,7H2,(H,15,16)(H,17,18)/t9-/m0/s1. The lowest BCUT2D eigenvalue weighted by Gasteiger charge is -2.24. The second-order valence-corrected chi connectivity index (χ2v) is 4.88. The monoisotopic (exact) mass is 277 g/mol. The van der Waals surface area contributed by atoms with Gasteiger partial charge in [0.2, 0.25) is 5.91 Å². The van der Waals surface area contributed by atoms with Gasteiger partial charge >= 0.3 is 0 Å². The van der Waals surface area contributed by atoms with Gasteiger partial charge in [0.1, 0.15) is 12.4 Å². The Hall–Kier alpha value is -2.01. The Morgan fingerprint density at radius 2 is 2.42 bits per heavy atom. The van der Waals surface area contributed by atoms with E-state index in [4.69, 9.17) is 16.3 Å². The lowest BCUT2D eigenvalue weighted by molar-refractivity contribution is -0.121. The van der Waals surface area contributed by atoms with E-state index < -0.39 is 0 Å². The van der Waals surface area contributed by atoms with E-state index >= 15 is 0 Å². The van der Waals surface area contributed by atoms with Gasteiger partial charge in [0.15, 0.2) is 0 Å². The molecular formula is C13H12ClN3O2. The van der Waals surface area contributed by atoms with E-state index in [9.17, 15) is 4.79 Å². The van der Waals surface area contributed by atoms with Crippen molar-refractivity contribution < 1.29 is 9.53 Å². The molecule has 2 heterocycles. The smallest absolute Gasteiger partial charge is 0.231 e. The predicted molar refractivity (Wildman–Crippen MR) is 71.4 cm³/mol. The van der Waals surface area contributed by atoms with Crippen molar-refractivity contribution in [1.29, 1.82) is 0 Å². The summed E-state index contributed by atoms with van der Waals surface area (Å²) in [5.74, 6) is 0.504. The minimum Gasteiger partial charge on any atom is -0.492 e. The zero-order valence-corrected chi connectivity index (χ0v) is 10.8. The number of rotatable bonds is 2. The van der Waals surface area contributed by atoms with Crippen molar-refractivity contribution in [2.45, 2.75) is 6.42 Å². The number of fused-ring (bicyclic) bond motifs is 1. The van der Waals surface area contributed by atoms with Gasteiger partial charge < -0.3 is 10.1 Å². The molecule has 98 valence electrons. The molecule has 0 saturated carbocycles. The van der Waals surface area contributed by atoms with Gasteiger partial charge in [-0.05, 0) is 30.2 Å². The number of nitrogens with zero attached hydrogens (tertiary/aromatic N) is 1. The summed E-state index contributed by atoms with van der Waals surface area (Å²) in [6, 6.07) is 5.46. The molecule has 6 heteroatoms. The van der Waals surface area contributed by atoms with Crippen LogP contribution in [0.4, 0.5) is 5.69 Å². The van der Waals surface area contributed by atoms with Crippen LogP contribution in [0, 0.1) is 5.92 Å². The summed E-state index contributed by atoms with van der Waals surface area (Å²) >= 11 is 5.95. The van der Waals surface area contributed by atoms with Crippen molar-refractivity contribution in [2.75, 3.05) is 11.9 Å². The summed E-state index contributed by atoms with van der Waals surface area (Å²) in [7, 11) is 0. The first-order valence-corrected chi connectivity index (χ1v) is 6.31. The molecule has 0 aliphatic carbocycles. The first-order chi connectivity index (χ1) is 9.22. The van der Waals surface area contributed by atoms with Crippen LogP contribution in [-0.4, -0.2) is 22.7 Å². The molecule has 1 aromatic heterocycles. The number of aromatic nitrogens is 2. The van der Waals surface area contributed by atoms with Gasteiger partial charge in [0.05, 0.1) is 17.8 Å². The molecule has 0 fully saturated rings. The van der Waals surface area contributed by atoms with E-state index in [1.54, 1.807) is 18.5 Å². The summed E-state index contributed by atoms with van der Waals surface area (Å²) < 4.78 is 5.59. The summed E-state index contributed by atoms with van der Waals surface area (Å²) in [5.41, 5.74) is 1.62. The van der Waals surface area contributed by atoms with Crippen LogP contribution in [0.3, 0.4) is 0 Å². The van der Waals surface area contributed by atoms with Crippen LogP contribution in [0.5, 0.6) is 5.75 Å². The van der Waals surface area contributed by atoms with Gasteiger partial charge in [-0.25, -0.2) is 0 Å². The molecule has 1 aromatic carbocycles.